The Bertz CT molecular complexity index is 692. The number of amides is 2. The average molecular weight is 472 g/mol. The van der Waals surface area contributed by atoms with E-state index in [4.69, 9.17) is 4.74 Å². The number of carbonyl (C=O) groups is 3. The maximum absolute atomic E-state index is 12.7. The highest BCUT2D eigenvalue weighted by Crippen LogP contribution is 2.20. The summed E-state index contributed by atoms with van der Waals surface area (Å²) in [4.78, 5) is 40.3. The Morgan fingerprint density at radius 2 is 2.08 bits per heavy atom. The zero-order valence-electron chi connectivity index (χ0n) is 15.5. The molecule has 1 aromatic carbocycles. The molecule has 0 aromatic heterocycles. The van der Waals surface area contributed by atoms with Gasteiger partial charge in [-0.05, 0) is 60.9 Å². The Morgan fingerprint density at radius 1 is 1.35 bits per heavy atom. The molecule has 1 aliphatic heterocycles. The van der Waals surface area contributed by atoms with E-state index in [1.165, 1.54) is 4.90 Å². The summed E-state index contributed by atoms with van der Waals surface area (Å²) in [7, 11) is 1.63. The largest absolute Gasteiger partial charge is 0.466 e. The fourth-order valence-electron chi connectivity index (χ4n) is 3.05. The molecule has 0 radical (unpaired) electrons. The molecule has 1 aromatic rings. The van der Waals surface area contributed by atoms with Gasteiger partial charge < -0.3 is 14.5 Å². The van der Waals surface area contributed by atoms with Gasteiger partial charge in [-0.25, -0.2) is 0 Å². The van der Waals surface area contributed by atoms with Crippen molar-refractivity contribution in [3.8, 4) is 0 Å². The summed E-state index contributed by atoms with van der Waals surface area (Å²) in [6.07, 6.45) is 1.50. The van der Waals surface area contributed by atoms with Crippen LogP contribution in [0.4, 0.5) is 0 Å². The lowest BCUT2D eigenvalue weighted by molar-refractivity contribution is -0.151. The van der Waals surface area contributed by atoms with E-state index in [-0.39, 0.29) is 30.2 Å². The van der Waals surface area contributed by atoms with Gasteiger partial charge in [0, 0.05) is 23.7 Å². The van der Waals surface area contributed by atoms with Crippen molar-refractivity contribution in [3.63, 3.8) is 0 Å². The van der Waals surface area contributed by atoms with Gasteiger partial charge in [-0.1, -0.05) is 12.1 Å². The minimum absolute atomic E-state index is 0.00159. The summed E-state index contributed by atoms with van der Waals surface area (Å²) in [5.74, 6) is -0.835. The molecule has 0 aliphatic carbocycles. The summed E-state index contributed by atoms with van der Waals surface area (Å²) in [5, 5.41) is 0. The van der Waals surface area contributed by atoms with Gasteiger partial charge in [0.05, 0.1) is 24.6 Å². The summed E-state index contributed by atoms with van der Waals surface area (Å²) in [5.41, 5.74) is 1.63. The van der Waals surface area contributed by atoms with E-state index >= 15 is 0 Å². The van der Waals surface area contributed by atoms with Gasteiger partial charge in [0.15, 0.2) is 0 Å². The lowest BCUT2D eigenvalue weighted by Crippen LogP contribution is -2.47. The van der Waals surface area contributed by atoms with Crippen molar-refractivity contribution in [1.82, 2.24) is 9.80 Å². The third-order valence-electron chi connectivity index (χ3n) is 4.54. The number of hydrogen-bond acceptors (Lipinski definition) is 4. The number of esters is 1. The second kappa shape index (κ2) is 9.34. The van der Waals surface area contributed by atoms with Crippen molar-refractivity contribution in [2.45, 2.75) is 26.7 Å². The second-order valence-electron chi connectivity index (χ2n) is 6.53. The predicted molar refractivity (Wildman–Crippen MR) is 107 cm³/mol. The second-order valence-corrected chi connectivity index (χ2v) is 7.61. The van der Waals surface area contributed by atoms with Gasteiger partial charge in [-0.3, -0.25) is 14.4 Å². The molecule has 7 heteroatoms. The zero-order valence-corrected chi connectivity index (χ0v) is 17.6. The smallest absolute Gasteiger partial charge is 0.310 e. The third-order valence-corrected chi connectivity index (χ3v) is 5.97. The maximum atomic E-state index is 12.7. The van der Waals surface area contributed by atoms with Crippen LogP contribution in [0.25, 0.3) is 0 Å². The Hall–Kier alpha value is -1.64. The molecule has 6 nitrogen and oxygen atoms in total. The fourth-order valence-corrected chi connectivity index (χ4v) is 3.64. The quantitative estimate of drug-likeness (QED) is 0.488. The van der Waals surface area contributed by atoms with Crippen LogP contribution in [0.1, 0.15) is 35.7 Å². The Morgan fingerprint density at radius 3 is 2.77 bits per heavy atom. The molecule has 1 atom stereocenters. The summed E-state index contributed by atoms with van der Waals surface area (Å²) < 4.78 is 5.97. The number of halogens is 1. The number of piperidine rings is 1. The zero-order chi connectivity index (χ0) is 19.3. The highest BCUT2D eigenvalue weighted by molar-refractivity contribution is 14.1. The van der Waals surface area contributed by atoms with Crippen molar-refractivity contribution < 1.29 is 19.1 Å². The van der Waals surface area contributed by atoms with Crippen molar-refractivity contribution in [2.24, 2.45) is 5.92 Å². The van der Waals surface area contributed by atoms with Gasteiger partial charge in [-0.2, -0.15) is 0 Å². The summed E-state index contributed by atoms with van der Waals surface area (Å²) in [6.45, 7) is 5.04. The lowest BCUT2D eigenvalue weighted by atomic mass is 9.98. The van der Waals surface area contributed by atoms with E-state index in [0.29, 0.717) is 25.3 Å². The third kappa shape index (κ3) is 4.96. The van der Waals surface area contributed by atoms with Gasteiger partial charge in [0.2, 0.25) is 5.91 Å². The molecule has 1 fully saturated rings. The van der Waals surface area contributed by atoms with Crippen LogP contribution >= 0.6 is 22.6 Å². The van der Waals surface area contributed by atoms with E-state index in [1.807, 2.05) is 19.1 Å². The molecule has 1 unspecified atom stereocenters. The topological polar surface area (TPSA) is 66.9 Å². The number of hydrogen-bond donors (Lipinski definition) is 0. The summed E-state index contributed by atoms with van der Waals surface area (Å²) >= 11 is 2.15. The van der Waals surface area contributed by atoms with Crippen molar-refractivity contribution in [3.05, 3.63) is 32.9 Å². The molecule has 1 saturated heterocycles. The molecule has 0 spiro atoms. The molecular weight excluding hydrogens is 447 g/mol. The van der Waals surface area contributed by atoms with Crippen LogP contribution in [0.3, 0.4) is 0 Å². The Labute approximate surface area is 168 Å². The molecule has 1 aliphatic rings. The van der Waals surface area contributed by atoms with Crippen LogP contribution in [-0.4, -0.2) is 60.9 Å². The highest BCUT2D eigenvalue weighted by Gasteiger charge is 2.30. The Kier molecular flexibility index (Phi) is 7.43. The maximum Gasteiger partial charge on any atom is 0.310 e. The van der Waals surface area contributed by atoms with E-state index < -0.39 is 0 Å². The molecule has 0 saturated carbocycles. The number of nitrogens with zero attached hydrogens (tertiary/aromatic N) is 2. The molecule has 1 heterocycles. The minimum Gasteiger partial charge on any atom is -0.466 e. The van der Waals surface area contributed by atoms with Crippen LogP contribution in [0.2, 0.25) is 0 Å². The number of likely N-dealkylation sites (N-methyl/N-ethyl adjacent to an activating group) is 1. The lowest BCUT2D eigenvalue weighted by Gasteiger charge is -2.32. The first-order chi connectivity index (χ1) is 12.3. The van der Waals surface area contributed by atoms with Gasteiger partial charge in [-0.15, -0.1) is 0 Å². The first-order valence-electron chi connectivity index (χ1n) is 8.80. The molecule has 26 heavy (non-hydrogen) atoms. The SMILES string of the molecule is CCOC(=O)C1CCCN(C(=O)CN(C)C(=O)c2cccc(C)c2I)C1. The monoisotopic (exact) mass is 472 g/mol. The molecular formula is C19H25IN2O4. The van der Waals surface area contributed by atoms with E-state index in [9.17, 15) is 14.4 Å². The first-order valence-corrected chi connectivity index (χ1v) is 9.88. The van der Waals surface area contributed by atoms with Crippen LogP contribution in [0.15, 0.2) is 18.2 Å². The van der Waals surface area contributed by atoms with Crippen LogP contribution in [0.5, 0.6) is 0 Å². The van der Waals surface area contributed by atoms with Crippen LogP contribution < -0.4 is 0 Å². The first kappa shape index (κ1) is 20.7. The number of aryl methyl sites for hydroxylation is 1. The average Bonchev–Trinajstić information content (AvgIpc) is 2.63. The normalized spacial score (nSPS) is 16.9. The standard InChI is InChI=1S/C19H25IN2O4/c1-4-26-19(25)14-8-6-10-22(11-14)16(23)12-21(3)18(24)15-9-5-7-13(2)17(15)20/h5,7,9,14H,4,6,8,10-12H2,1-3H3. The van der Waals surface area contributed by atoms with E-state index in [2.05, 4.69) is 22.6 Å². The van der Waals surface area contributed by atoms with Gasteiger partial charge in [0.1, 0.15) is 0 Å². The number of ether oxygens (including phenoxy) is 1. The number of likely N-dealkylation sites (tertiary alicyclic amines) is 1. The number of carbonyl (C=O) groups excluding carboxylic acids is 3. The minimum atomic E-state index is -0.272. The molecule has 2 amide bonds. The fraction of sp³-hybridized carbons (Fsp3) is 0.526. The van der Waals surface area contributed by atoms with Crippen LogP contribution in [0, 0.1) is 16.4 Å². The van der Waals surface area contributed by atoms with Crippen molar-refractivity contribution >= 4 is 40.4 Å². The van der Waals surface area contributed by atoms with Gasteiger partial charge in [0.25, 0.3) is 5.91 Å². The van der Waals surface area contributed by atoms with Crippen molar-refractivity contribution in [1.29, 1.82) is 0 Å². The molecule has 0 N–H and O–H groups in total. The molecule has 142 valence electrons. The van der Waals surface area contributed by atoms with Crippen molar-refractivity contribution in [2.75, 3.05) is 33.3 Å². The molecule has 0 bridgehead atoms. The highest BCUT2D eigenvalue weighted by atomic mass is 127. The van der Waals surface area contributed by atoms with Crippen LogP contribution in [-0.2, 0) is 14.3 Å². The predicted octanol–water partition coefficient (Wildman–Crippen LogP) is 2.47. The summed E-state index contributed by atoms with van der Waals surface area (Å²) in [6, 6.07) is 5.57. The molecule has 2 rings (SSSR count). The number of rotatable bonds is 5. The van der Waals surface area contributed by atoms with E-state index in [0.717, 1.165) is 22.0 Å². The van der Waals surface area contributed by atoms with Gasteiger partial charge >= 0.3 is 5.97 Å². The Balaban J connectivity index is 1.98. The number of benzene rings is 1. The van der Waals surface area contributed by atoms with E-state index in [1.54, 1.807) is 24.9 Å².